The number of aliphatic hydroxyl groups excluding tert-OH is 1. The van der Waals surface area contributed by atoms with Crippen molar-refractivity contribution in [3.8, 4) is 5.75 Å². The van der Waals surface area contributed by atoms with E-state index in [0.29, 0.717) is 18.7 Å². The van der Waals surface area contributed by atoms with Crippen molar-refractivity contribution in [2.75, 3.05) is 33.8 Å². The number of carbonyl (C=O) groups excluding carboxylic acids is 2. The van der Waals surface area contributed by atoms with E-state index in [9.17, 15) is 14.7 Å². The van der Waals surface area contributed by atoms with Gasteiger partial charge >= 0.3 is 0 Å². The third kappa shape index (κ3) is 4.21. The highest BCUT2D eigenvalue weighted by Gasteiger charge is 2.45. The van der Waals surface area contributed by atoms with E-state index in [1.807, 2.05) is 61.5 Å². The number of hydrogen-bond donors (Lipinski definition) is 1. The molecule has 0 bridgehead atoms. The fourth-order valence-corrected chi connectivity index (χ4v) is 4.31. The molecule has 31 heavy (non-hydrogen) atoms. The molecule has 1 atom stereocenters. The molecule has 1 fully saturated rings. The number of aryl methyl sites for hydroxylation is 1. The summed E-state index contributed by atoms with van der Waals surface area (Å²) in [5, 5.41) is 11.2. The summed E-state index contributed by atoms with van der Waals surface area (Å²) >= 11 is 0. The summed E-state index contributed by atoms with van der Waals surface area (Å²) in [5.41, 5.74) is 2.51. The number of ketones is 1. The van der Waals surface area contributed by atoms with Crippen LogP contribution in [0.3, 0.4) is 0 Å². The van der Waals surface area contributed by atoms with Gasteiger partial charge in [-0.15, -0.1) is 0 Å². The Hall–Kier alpha value is -3.12. The number of carbonyl (C=O) groups is 2. The van der Waals surface area contributed by atoms with Crippen LogP contribution in [0.1, 0.15) is 35.6 Å². The van der Waals surface area contributed by atoms with Gasteiger partial charge in [0, 0.05) is 12.1 Å². The monoisotopic (exact) mass is 420 g/mol. The Morgan fingerprint density at radius 3 is 2.68 bits per heavy atom. The Labute approximate surface area is 182 Å². The highest BCUT2D eigenvalue weighted by molar-refractivity contribution is 6.46. The lowest BCUT2D eigenvalue weighted by molar-refractivity contribution is -0.139. The predicted molar refractivity (Wildman–Crippen MR) is 119 cm³/mol. The third-order valence-electron chi connectivity index (χ3n) is 5.84. The van der Waals surface area contributed by atoms with Crippen LogP contribution in [0.15, 0.2) is 54.1 Å². The molecule has 2 aliphatic heterocycles. The first-order valence-corrected chi connectivity index (χ1v) is 10.7. The average molecular weight is 421 g/mol. The third-order valence-corrected chi connectivity index (χ3v) is 5.84. The Balaban J connectivity index is 1.76. The largest absolute Gasteiger partial charge is 0.507 e. The fourth-order valence-electron chi connectivity index (χ4n) is 4.31. The summed E-state index contributed by atoms with van der Waals surface area (Å²) in [5.74, 6) is -0.511. The van der Waals surface area contributed by atoms with E-state index in [0.717, 1.165) is 42.7 Å². The maximum absolute atomic E-state index is 13.1. The van der Waals surface area contributed by atoms with Gasteiger partial charge in [0.1, 0.15) is 11.5 Å². The number of benzene rings is 2. The Bertz CT molecular complexity index is 1010. The number of ether oxygens (including phenoxy) is 1. The van der Waals surface area contributed by atoms with Crippen LogP contribution in [-0.4, -0.2) is 60.4 Å². The summed E-state index contributed by atoms with van der Waals surface area (Å²) in [4.78, 5) is 29.6. The van der Waals surface area contributed by atoms with Gasteiger partial charge in [-0.2, -0.15) is 0 Å². The lowest BCUT2D eigenvalue weighted by Crippen LogP contribution is -2.32. The molecule has 6 heteroatoms. The average Bonchev–Trinajstić information content (AvgIpc) is 3.03. The van der Waals surface area contributed by atoms with E-state index in [1.165, 1.54) is 0 Å². The summed E-state index contributed by atoms with van der Waals surface area (Å²) in [6.45, 7) is 1.93. The van der Waals surface area contributed by atoms with E-state index in [2.05, 4.69) is 0 Å². The first kappa shape index (κ1) is 21.1. The SMILES string of the molecule is CN(C)CCCN1C(=O)C(=O)/C(=C(\O)c2ccc3c(c2)CCCO3)C1c1ccccc1. The summed E-state index contributed by atoms with van der Waals surface area (Å²) in [6.07, 6.45) is 2.51. The number of Topliss-reactive ketones (excluding diaryl/α,β-unsaturated/α-hetero) is 1. The molecule has 1 saturated heterocycles. The van der Waals surface area contributed by atoms with Gasteiger partial charge in [0.25, 0.3) is 11.7 Å². The number of likely N-dealkylation sites (tertiary alicyclic amines) is 1. The van der Waals surface area contributed by atoms with Crippen molar-refractivity contribution in [3.63, 3.8) is 0 Å². The van der Waals surface area contributed by atoms with Crippen LogP contribution in [0.2, 0.25) is 0 Å². The van der Waals surface area contributed by atoms with Crippen LogP contribution >= 0.6 is 0 Å². The van der Waals surface area contributed by atoms with Crippen LogP contribution in [0, 0.1) is 0 Å². The van der Waals surface area contributed by atoms with Crippen molar-refractivity contribution in [2.24, 2.45) is 0 Å². The maximum atomic E-state index is 13.1. The number of amides is 1. The van der Waals surface area contributed by atoms with E-state index >= 15 is 0 Å². The minimum absolute atomic E-state index is 0.129. The van der Waals surface area contributed by atoms with Crippen LogP contribution < -0.4 is 4.74 Å². The summed E-state index contributed by atoms with van der Waals surface area (Å²) < 4.78 is 5.66. The number of rotatable bonds is 6. The molecular formula is C25H28N2O4. The summed E-state index contributed by atoms with van der Waals surface area (Å²) in [6, 6.07) is 14.3. The number of fused-ring (bicyclic) bond motifs is 1. The van der Waals surface area contributed by atoms with Gasteiger partial charge in [-0.25, -0.2) is 0 Å². The molecule has 6 nitrogen and oxygen atoms in total. The second-order valence-electron chi connectivity index (χ2n) is 8.33. The van der Waals surface area contributed by atoms with Crippen molar-refractivity contribution < 1.29 is 19.4 Å². The van der Waals surface area contributed by atoms with Gasteiger partial charge in [0.05, 0.1) is 18.2 Å². The number of aliphatic hydroxyl groups is 1. The molecule has 1 N–H and O–H groups in total. The first-order valence-electron chi connectivity index (χ1n) is 10.7. The highest BCUT2D eigenvalue weighted by atomic mass is 16.5. The lowest BCUT2D eigenvalue weighted by atomic mass is 9.94. The quantitative estimate of drug-likeness (QED) is 0.441. The topological polar surface area (TPSA) is 70.1 Å². The van der Waals surface area contributed by atoms with Crippen molar-refractivity contribution in [2.45, 2.75) is 25.3 Å². The van der Waals surface area contributed by atoms with Crippen LogP contribution in [0.5, 0.6) is 5.75 Å². The number of hydrogen-bond acceptors (Lipinski definition) is 5. The van der Waals surface area contributed by atoms with Gasteiger partial charge in [-0.1, -0.05) is 30.3 Å². The van der Waals surface area contributed by atoms with Crippen LogP contribution in [0.4, 0.5) is 0 Å². The van der Waals surface area contributed by atoms with Crippen LogP contribution in [0.25, 0.3) is 5.76 Å². The molecule has 2 aromatic rings. The molecule has 0 aromatic heterocycles. The van der Waals surface area contributed by atoms with E-state index in [-0.39, 0.29) is 11.3 Å². The van der Waals surface area contributed by atoms with Gasteiger partial charge in [-0.05, 0) is 69.2 Å². The molecule has 2 aliphatic rings. The molecule has 162 valence electrons. The zero-order valence-electron chi connectivity index (χ0n) is 18.0. The molecule has 0 spiro atoms. The fraction of sp³-hybridized carbons (Fsp3) is 0.360. The summed E-state index contributed by atoms with van der Waals surface area (Å²) in [7, 11) is 3.95. The van der Waals surface area contributed by atoms with Gasteiger partial charge < -0.3 is 19.6 Å². The van der Waals surface area contributed by atoms with E-state index in [1.54, 1.807) is 11.0 Å². The Kier molecular flexibility index (Phi) is 6.09. The van der Waals surface area contributed by atoms with Crippen molar-refractivity contribution in [1.29, 1.82) is 0 Å². The van der Waals surface area contributed by atoms with Crippen molar-refractivity contribution in [3.05, 3.63) is 70.8 Å². The van der Waals surface area contributed by atoms with Crippen LogP contribution in [-0.2, 0) is 16.0 Å². The molecule has 2 heterocycles. The molecule has 0 aliphatic carbocycles. The number of nitrogens with zero attached hydrogens (tertiary/aromatic N) is 2. The zero-order valence-corrected chi connectivity index (χ0v) is 18.0. The van der Waals surface area contributed by atoms with E-state index in [4.69, 9.17) is 4.74 Å². The molecule has 1 amide bonds. The predicted octanol–water partition coefficient (Wildman–Crippen LogP) is 3.39. The van der Waals surface area contributed by atoms with Gasteiger partial charge in [0.15, 0.2) is 0 Å². The molecule has 4 rings (SSSR count). The van der Waals surface area contributed by atoms with Gasteiger partial charge in [-0.3, -0.25) is 9.59 Å². The smallest absolute Gasteiger partial charge is 0.295 e. The second kappa shape index (κ2) is 8.94. The first-order chi connectivity index (χ1) is 15.0. The highest BCUT2D eigenvalue weighted by Crippen LogP contribution is 2.40. The normalized spacial score (nSPS) is 20.1. The van der Waals surface area contributed by atoms with Crippen molar-refractivity contribution >= 4 is 17.4 Å². The molecule has 0 saturated carbocycles. The Morgan fingerprint density at radius 2 is 1.94 bits per heavy atom. The van der Waals surface area contributed by atoms with Gasteiger partial charge in [0.2, 0.25) is 0 Å². The minimum Gasteiger partial charge on any atom is -0.507 e. The van der Waals surface area contributed by atoms with E-state index < -0.39 is 17.7 Å². The molecule has 1 unspecified atom stereocenters. The molecule has 2 aromatic carbocycles. The Morgan fingerprint density at radius 1 is 1.16 bits per heavy atom. The van der Waals surface area contributed by atoms with Crippen molar-refractivity contribution in [1.82, 2.24) is 9.80 Å². The lowest BCUT2D eigenvalue weighted by Gasteiger charge is -2.26. The standard InChI is InChI=1S/C25H28N2O4/c1-26(2)13-7-14-27-22(17-8-4-3-5-9-17)21(24(29)25(27)30)23(28)19-11-12-20-18(16-19)10-6-15-31-20/h3-5,8-9,11-12,16,22,28H,6-7,10,13-15H2,1-2H3/b23-21-. The maximum Gasteiger partial charge on any atom is 0.295 e. The minimum atomic E-state index is -0.634. The second-order valence-corrected chi connectivity index (χ2v) is 8.33. The molecule has 0 radical (unpaired) electrons. The molecular weight excluding hydrogens is 392 g/mol. The zero-order chi connectivity index (χ0) is 22.0.